The van der Waals surface area contributed by atoms with E-state index in [4.69, 9.17) is 5.73 Å². The van der Waals surface area contributed by atoms with Crippen LogP contribution in [0.5, 0.6) is 5.75 Å². The fourth-order valence-electron chi connectivity index (χ4n) is 2.58. The number of nitrogens with zero attached hydrogens (tertiary/aromatic N) is 1. The summed E-state index contributed by atoms with van der Waals surface area (Å²) < 4.78 is 0. The van der Waals surface area contributed by atoms with Gasteiger partial charge in [-0.15, -0.1) is 0 Å². The van der Waals surface area contributed by atoms with Gasteiger partial charge in [-0.2, -0.15) is 0 Å². The van der Waals surface area contributed by atoms with E-state index in [0.29, 0.717) is 16.9 Å². The average molecular weight is 328 g/mol. The summed E-state index contributed by atoms with van der Waals surface area (Å²) >= 11 is 0. The first-order chi connectivity index (χ1) is 11.4. The van der Waals surface area contributed by atoms with Crippen LogP contribution in [0, 0.1) is 6.92 Å². The van der Waals surface area contributed by atoms with Gasteiger partial charge in [0.1, 0.15) is 17.4 Å². The molecule has 0 unspecified atom stereocenters. The van der Waals surface area contributed by atoms with Crippen LogP contribution >= 0.6 is 0 Å². The van der Waals surface area contributed by atoms with Gasteiger partial charge in [-0.1, -0.05) is 24.3 Å². The van der Waals surface area contributed by atoms with Crippen LogP contribution in [0.25, 0.3) is 0 Å². The third kappa shape index (κ3) is 4.81. The molecule has 0 fully saturated rings. The van der Waals surface area contributed by atoms with Crippen molar-refractivity contribution in [3.8, 4) is 5.75 Å². The quantitative estimate of drug-likeness (QED) is 0.569. The summed E-state index contributed by atoms with van der Waals surface area (Å²) in [5, 5.41) is 29.2. The number of benzene rings is 1. The van der Waals surface area contributed by atoms with E-state index in [0.717, 1.165) is 5.56 Å². The summed E-state index contributed by atoms with van der Waals surface area (Å²) in [7, 11) is -1.64. The maximum absolute atomic E-state index is 12.2. The molecule has 7 heteroatoms. The zero-order chi connectivity index (χ0) is 17.7. The van der Waals surface area contributed by atoms with Crippen LogP contribution in [-0.2, 0) is 17.6 Å². The Morgan fingerprint density at radius 1 is 1.29 bits per heavy atom. The van der Waals surface area contributed by atoms with Crippen LogP contribution < -0.4 is 5.73 Å². The molecule has 2 rings (SSSR count). The molecule has 1 aromatic carbocycles. The summed E-state index contributed by atoms with van der Waals surface area (Å²) in [6.45, 7) is 1.77. The Morgan fingerprint density at radius 3 is 2.67 bits per heavy atom. The predicted molar refractivity (Wildman–Crippen MR) is 92.5 cm³/mol. The lowest BCUT2D eigenvalue weighted by molar-refractivity contribution is -0.118. The number of hydrogen-bond acceptors (Lipinski definition) is 6. The highest BCUT2D eigenvalue weighted by molar-refractivity contribution is 6.43. The molecule has 1 atom stereocenters. The molecule has 0 bridgehead atoms. The van der Waals surface area contributed by atoms with Crippen molar-refractivity contribution < 1.29 is 19.9 Å². The Balaban J connectivity index is 2.04. The van der Waals surface area contributed by atoms with Crippen molar-refractivity contribution in [3.05, 3.63) is 53.2 Å². The van der Waals surface area contributed by atoms with Crippen molar-refractivity contribution >= 4 is 18.7 Å². The summed E-state index contributed by atoms with van der Waals surface area (Å²) in [6.07, 6.45) is 1.88. The van der Waals surface area contributed by atoms with E-state index in [-0.39, 0.29) is 30.8 Å². The highest BCUT2D eigenvalue weighted by Gasteiger charge is 2.27. The molecular weight excluding hydrogens is 307 g/mol. The second kappa shape index (κ2) is 7.94. The van der Waals surface area contributed by atoms with Gasteiger partial charge in [0, 0.05) is 24.9 Å². The van der Waals surface area contributed by atoms with Crippen molar-refractivity contribution in [2.75, 3.05) is 5.73 Å². The van der Waals surface area contributed by atoms with Crippen molar-refractivity contribution in [2.45, 2.75) is 32.0 Å². The van der Waals surface area contributed by atoms with E-state index in [1.165, 1.54) is 6.20 Å². The van der Waals surface area contributed by atoms with Gasteiger partial charge < -0.3 is 20.9 Å². The number of aromatic nitrogens is 1. The molecule has 0 amide bonds. The number of carbonyl (C=O) groups is 1. The summed E-state index contributed by atoms with van der Waals surface area (Å²) in [5.41, 5.74) is 7.52. The first-order valence-corrected chi connectivity index (χ1v) is 7.72. The second-order valence-electron chi connectivity index (χ2n) is 5.97. The van der Waals surface area contributed by atoms with Crippen LogP contribution in [0.3, 0.4) is 0 Å². The number of aryl methyl sites for hydroxylation is 1. The highest BCUT2D eigenvalue weighted by atomic mass is 16.4. The molecule has 24 heavy (non-hydrogen) atoms. The predicted octanol–water partition coefficient (Wildman–Crippen LogP) is 1.27. The van der Waals surface area contributed by atoms with Crippen LogP contribution in [0.1, 0.15) is 23.1 Å². The number of carbonyl (C=O) groups excluding carboxylic acids is 1. The fourth-order valence-corrected chi connectivity index (χ4v) is 2.58. The molecule has 0 saturated carbocycles. The normalized spacial score (nSPS) is 12.0. The number of aromatic hydroxyl groups is 1. The molecule has 1 heterocycles. The van der Waals surface area contributed by atoms with Crippen LogP contribution in [0.15, 0.2) is 36.5 Å². The molecule has 1 aromatic heterocycles. The molecule has 0 aliphatic carbocycles. The van der Waals surface area contributed by atoms with E-state index in [1.54, 1.807) is 37.3 Å². The van der Waals surface area contributed by atoms with Crippen LogP contribution in [0.4, 0.5) is 5.82 Å². The van der Waals surface area contributed by atoms with Gasteiger partial charge >= 0.3 is 7.12 Å². The molecular formula is C17H21BN2O4. The molecule has 0 aliphatic rings. The molecule has 5 N–H and O–H groups in total. The van der Waals surface area contributed by atoms with Gasteiger partial charge in [-0.25, -0.2) is 4.98 Å². The maximum Gasteiger partial charge on any atom is 0.455 e. The third-order valence-electron chi connectivity index (χ3n) is 3.96. The summed E-state index contributed by atoms with van der Waals surface area (Å²) in [5.74, 6) is -0.318. The van der Waals surface area contributed by atoms with Crippen molar-refractivity contribution in [1.29, 1.82) is 0 Å². The molecule has 0 radical (unpaired) electrons. The Bertz CT molecular complexity index is 704. The molecule has 2 aromatic rings. The van der Waals surface area contributed by atoms with E-state index < -0.39 is 12.9 Å². The number of phenolic OH excluding ortho intramolecular Hbond substituents is 1. The zero-order valence-electron chi connectivity index (χ0n) is 13.5. The Morgan fingerprint density at radius 2 is 2.04 bits per heavy atom. The summed E-state index contributed by atoms with van der Waals surface area (Å²) in [4.78, 5) is 16.1. The first kappa shape index (κ1) is 18.0. The Labute approximate surface area is 141 Å². The average Bonchev–Trinajstić information content (AvgIpc) is 2.53. The van der Waals surface area contributed by atoms with Gasteiger partial charge in [0.05, 0.1) is 0 Å². The van der Waals surface area contributed by atoms with Crippen LogP contribution in [-0.4, -0.2) is 33.0 Å². The SMILES string of the molecule is Cc1cccc(C[C@H](CC(=O)Cc2ccc(N)nc2)B(O)O)c1O. The fraction of sp³-hybridized carbons (Fsp3) is 0.294. The Kier molecular flexibility index (Phi) is 5.95. The van der Waals surface area contributed by atoms with Crippen molar-refractivity contribution in [2.24, 2.45) is 0 Å². The highest BCUT2D eigenvalue weighted by Crippen LogP contribution is 2.28. The number of ketones is 1. The number of pyridine rings is 1. The minimum Gasteiger partial charge on any atom is -0.507 e. The third-order valence-corrected chi connectivity index (χ3v) is 3.96. The summed E-state index contributed by atoms with van der Waals surface area (Å²) in [6, 6.07) is 8.60. The lowest BCUT2D eigenvalue weighted by atomic mass is 9.66. The minimum absolute atomic E-state index is 0.00454. The van der Waals surface area contributed by atoms with Gasteiger partial charge in [-0.3, -0.25) is 4.79 Å². The topological polar surface area (TPSA) is 117 Å². The Hall–Kier alpha value is -2.38. The van der Waals surface area contributed by atoms with Crippen molar-refractivity contribution in [1.82, 2.24) is 4.98 Å². The zero-order valence-corrected chi connectivity index (χ0v) is 13.5. The number of anilines is 1. The second-order valence-corrected chi connectivity index (χ2v) is 5.97. The van der Waals surface area contributed by atoms with Gasteiger partial charge in [0.15, 0.2) is 0 Å². The monoisotopic (exact) mass is 328 g/mol. The largest absolute Gasteiger partial charge is 0.507 e. The van der Waals surface area contributed by atoms with E-state index in [2.05, 4.69) is 4.98 Å². The number of hydrogen-bond donors (Lipinski definition) is 4. The van der Waals surface area contributed by atoms with Gasteiger partial charge in [0.2, 0.25) is 0 Å². The first-order valence-electron chi connectivity index (χ1n) is 7.72. The van der Waals surface area contributed by atoms with E-state index in [1.807, 2.05) is 0 Å². The van der Waals surface area contributed by atoms with E-state index in [9.17, 15) is 19.9 Å². The molecule has 0 saturated heterocycles. The minimum atomic E-state index is -1.64. The molecule has 0 aliphatic heterocycles. The van der Waals surface area contributed by atoms with Gasteiger partial charge in [-0.05, 0) is 36.1 Å². The number of Topliss-reactive ketones (excluding diaryl/α,β-unsaturated/α-hetero) is 1. The standard InChI is InChI=1S/C17H21BN2O4/c1-11-3-2-4-13(17(11)22)8-14(18(23)24)9-15(21)7-12-5-6-16(19)20-10-12/h2-6,10,14,22-24H,7-9H2,1H3,(H2,19,20)/t14-/m1/s1. The van der Waals surface area contributed by atoms with E-state index >= 15 is 0 Å². The van der Waals surface area contributed by atoms with Gasteiger partial charge in [0.25, 0.3) is 0 Å². The molecule has 0 spiro atoms. The molecule has 126 valence electrons. The maximum atomic E-state index is 12.2. The number of rotatable bonds is 7. The lowest BCUT2D eigenvalue weighted by Crippen LogP contribution is -2.25. The number of nitrogens with two attached hydrogens (primary N) is 1. The molecule has 6 nitrogen and oxygen atoms in total. The number of para-hydroxylation sites is 1. The van der Waals surface area contributed by atoms with Crippen LogP contribution in [0.2, 0.25) is 5.82 Å². The lowest BCUT2D eigenvalue weighted by Gasteiger charge is -2.16. The number of phenols is 1. The smallest absolute Gasteiger partial charge is 0.455 e. The van der Waals surface area contributed by atoms with Crippen molar-refractivity contribution in [3.63, 3.8) is 0 Å². The number of nitrogen functional groups attached to an aromatic ring is 1.